The van der Waals surface area contributed by atoms with E-state index in [1.807, 2.05) is 12.1 Å². The zero-order valence-corrected chi connectivity index (χ0v) is 12.6. The fourth-order valence-electron chi connectivity index (χ4n) is 2.13. The maximum atomic E-state index is 5.15. The number of likely N-dealkylation sites (N-methyl/N-ethyl adjacent to an activating group) is 1. The Morgan fingerprint density at radius 2 is 1.79 bits per heavy atom. The van der Waals surface area contributed by atoms with Crippen LogP contribution in [0.1, 0.15) is 25.8 Å². The molecule has 0 atom stereocenters. The predicted molar refractivity (Wildman–Crippen MR) is 82.0 cm³/mol. The Labute approximate surface area is 118 Å². The number of methoxy groups -OCH3 is 1. The van der Waals surface area contributed by atoms with Gasteiger partial charge in [0.2, 0.25) is 0 Å². The summed E-state index contributed by atoms with van der Waals surface area (Å²) in [5.41, 5.74) is 1.36. The normalized spacial score (nSPS) is 10.9. The SMILES string of the molecule is CCCN(CC)CCNCCc1ccc(OC)cc1. The number of hydrogen-bond acceptors (Lipinski definition) is 3. The Morgan fingerprint density at radius 1 is 1.05 bits per heavy atom. The number of nitrogens with one attached hydrogen (secondary N) is 1. The minimum absolute atomic E-state index is 0.926. The van der Waals surface area contributed by atoms with Crippen LogP contribution < -0.4 is 10.1 Å². The van der Waals surface area contributed by atoms with E-state index in [1.54, 1.807) is 7.11 Å². The number of rotatable bonds is 10. The van der Waals surface area contributed by atoms with E-state index >= 15 is 0 Å². The standard InChI is InChI=1S/C16H28N2O/c1-4-13-18(5-2)14-12-17-11-10-15-6-8-16(19-3)9-7-15/h6-9,17H,4-5,10-14H2,1-3H3. The van der Waals surface area contributed by atoms with E-state index in [2.05, 4.69) is 36.2 Å². The molecule has 3 heteroatoms. The molecule has 0 radical (unpaired) electrons. The quantitative estimate of drug-likeness (QED) is 0.657. The first-order valence-electron chi connectivity index (χ1n) is 7.36. The molecule has 0 spiro atoms. The van der Waals surface area contributed by atoms with E-state index in [0.29, 0.717) is 0 Å². The summed E-state index contributed by atoms with van der Waals surface area (Å²) in [5, 5.41) is 3.51. The lowest BCUT2D eigenvalue weighted by Crippen LogP contribution is -2.33. The molecule has 0 saturated carbocycles. The zero-order valence-electron chi connectivity index (χ0n) is 12.6. The largest absolute Gasteiger partial charge is 0.497 e. The van der Waals surface area contributed by atoms with Crippen molar-refractivity contribution in [1.29, 1.82) is 0 Å². The summed E-state index contributed by atoms with van der Waals surface area (Å²) in [7, 11) is 1.70. The van der Waals surface area contributed by atoms with Gasteiger partial charge in [-0.15, -0.1) is 0 Å². The van der Waals surface area contributed by atoms with Gasteiger partial charge in [0, 0.05) is 13.1 Å². The van der Waals surface area contributed by atoms with Gasteiger partial charge in [-0.05, 0) is 50.2 Å². The van der Waals surface area contributed by atoms with Crippen LogP contribution in [0.3, 0.4) is 0 Å². The Kier molecular flexibility index (Phi) is 8.26. The number of benzene rings is 1. The minimum atomic E-state index is 0.926. The van der Waals surface area contributed by atoms with Crippen LogP contribution in [0.2, 0.25) is 0 Å². The summed E-state index contributed by atoms with van der Waals surface area (Å²) in [5.74, 6) is 0.926. The fraction of sp³-hybridized carbons (Fsp3) is 0.625. The highest BCUT2D eigenvalue weighted by molar-refractivity contribution is 5.27. The van der Waals surface area contributed by atoms with E-state index in [4.69, 9.17) is 4.74 Å². The summed E-state index contributed by atoms with van der Waals surface area (Å²) < 4.78 is 5.15. The van der Waals surface area contributed by atoms with Crippen LogP contribution in [-0.4, -0.2) is 44.7 Å². The lowest BCUT2D eigenvalue weighted by atomic mass is 10.1. The lowest BCUT2D eigenvalue weighted by Gasteiger charge is -2.19. The van der Waals surface area contributed by atoms with E-state index < -0.39 is 0 Å². The molecule has 108 valence electrons. The number of nitrogens with zero attached hydrogens (tertiary/aromatic N) is 1. The lowest BCUT2D eigenvalue weighted by molar-refractivity contribution is 0.288. The van der Waals surface area contributed by atoms with E-state index in [0.717, 1.165) is 38.3 Å². The van der Waals surface area contributed by atoms with Crippen molar-refractivity contribution < 1.29 is 4.74 Å². The van der Waals surface area contributed by atoms with Crippen LogP contribution in [0.5, 0.6) is 5.75 Å². The Balaban J connectivity index is 2.12. The molecule has 19 heavy (non-hydrogen) atoms. The summed E-state index contributed by atoms with van der Waals surface area (Å²) >= 11 is 0. The van der Waals surface area contributed by atoms with Gasteiger partial charge in [-0.2, -0.15) is 0 Å². The van der Waals surface area contributed by atoms with Crippen molar-refractivity contribution in [2.24, 2.45) is 0 Å². The van der Waals surface area contributed by atoms with Gasteiger partial charge in [0.05, 0.1) is 7.11 Å². The van der Waals surface area contributed by atoms with Crippen molar-refractivity contribution in [3.8, 4) is 5.75 Å². The third-order valence-corrected chi connectivity index (χ3v) is 3.34. The molecule has 0 fully saturated rings. The van der Waals surface area contributed by atoms with Crippen molar-refractivity contribution in [1.82, 2.24) is 10.2 Å². The molecule has 0 aromatic heterocycles. The summed E-state index contributed by atoms with van der Waals surface area (Å²) in [4.78, 5) is 2.49. The van der Waals surface area contributed by atoms with Gasteiger partial charge in [0.25, 0.3) is 0 Å². The van der Waals surface area contributed by atoms with Crippen molar-refractivity contribution in [3.05, 3.63) is 29.8 Å². The van der Waals surface area contributed by atoms with Crippen LogP contribution in [0.4, 0.5) is 0 Å². The van der Waals surface area contributed by atoms with Gasteiger partial charge < -0.3 is 15.0 Å². The molecular weight excluding hydrogens is 236 g/mol. The zero-order chi connectivity index (χ0) is 13.9. The second kappa shape index (κ2) is 9.82. The van der Waals surface area contributed by atoms with Gasteiger partial charge in [0.15, 0.2) is 0 Å². The van der Waals surface area contributed by atoms with E-state index in [1.165, 1.54) is 18.5 Å². The topological polar surface area (TPSA) is 24.5 Å². The average Bonchev–Trinajstić information content (AvgIpc) is 2.46. The second-order valence-electron chi connectivity index (χ2n) is 4.78. The third kappa shape index (κ3) is 6.60. The highest BCUT2D eigenvalue weighted by atomic mass is 16.5. The van der Waals surface area contributed by atoms with Crippen LogP contribution in [0.25, 0.3) is 0 Å². The van der Waals surface area contributed by atoms with E-state index in [-0.39, 0.29) is 0 Å². The van der Waals surface area contributed by atoms with Crippen molar-refractivity contribution in [2.75, 3.05) is 39.8 Å². The van der Waals surface area contributed by atoms with Gasteiger partial charge in [-0.25, -0.2) is 0 Å². The molecule has 1 N–H and O–H groups in total. The molecule has 1 aromatic carbocycles. The molecule has 1 rings (SSSR count). The van der Waals surface area contributed by atoms with Crippen LogP contribution in [-0.2, 0) is 6.42 Å². The van der Waals surface area contributed by atoms with Crippen LogP contribution in [0, 0.1) is 0 Å². The first-order valence-corrected chi connectivity index (χ1v) is 7.36. The van der Waals surface area contributed by atoms with Crippen LogP contribution >= 0.6 is 0 Å². The number of ether oxygens (including phenoxy) is 1. The van der Waals surface area contributed by atoms with E-state index in [9.17, 15) is 0 Å². The molecular formula is C16H28N2O. The summed E-state index contributed by atoms with van der Waals surface area (Å²) in [6.07, 6.45) is 2.31. The molecule has 0 unspecified atom stereocenters. The summed E-state index contributed by atoms with van der Waals surface area (Å²) in [6.45, 7) is 10.1. The fourth-order valence-corrected chi connectivity index (χ4v) is 2.13. The smallest absolute Gasteiger partial charge is 0.118 e. The molecule has 3 nitrogen and oxygen atoms in total. The van der Waals surface area contributed by atoms with Gasteiger partial charge >= 0.3 is 0 Å². The molecule has 0 aliphatic carbocycles. The first-order chi connectivity index (χ1) is 9.30. The second-order valence-corrected chi connectivity index (χ2v) is 4.78. The molecule has 0 aliphatic heterocycles. The van der Waals surface area contributed by atoms with Gasteiger partial charge in [-0.3, -0.25) is 0 Å². The molecule has 0 amide bonds. The van der Waals surface area contributed by atoms with Gasteiger partial charge in [-0.1, -0.05) is 26.0 Å². The predicted octanol–water partition coefficient (Wildman–Crippen LogP) is 2.56. The Morgan fingerprint density at radius 3 is 2.37 bits per heavy atom. The highest BCUT2D eigenvalue weighted by Crippen LogP contribution is 2.11. The molecule has 0 aliphatic rings. The third-order valence-electron chi connectivity index (χ3n) is 3.34. The Bertz CT molecular complexity index is 324. The van der Waals surface area contributed by atoms with Gasteiger partial charge in [0.1, 0.15) is 5.75 Å². The molecule has 0 bridgehead atoms. The Hall–Kier alpha value is -1.06. The average molecular weight is 264 g/mol. The van der Waals surface area contributed by atoms with Crippen LogP contribution in [0.15, 0.2) is 24.3 Å². The molecule has 0 saturated heterocycles. The van der Waals surface area contributed by atoms with Crippen molar-refractivity contribution >= 4 is 0 Å². The van der Waals surface area contributed by atoms with Crippen molar-refractivity contribution in [3.63, 3.8) is 0 Å². The number of hydrogen-bond donors (Lipinski definition) is 1. The minimum Gasteiger partial charge on any atom is -0.497 e. The van der Waals surface area contributed by atoms with Crippen molar-refractivity contribution in [2.45, 2.75) is 26.7 Å². The highest BCUT2D eigenvalue weighted by Gasteiger charge is 1.99. The molecule has 1 aromatic rings. The maximum absolute atomic E-state index is 5.15. The monoisotopic (exact) mass is 264 g/mol. The first kappa shape index (κ1) is 16.0. The maximum Gasteiger partial charge on any atom is 0.118 e. The molecule has 0 heterocycles. The summed E-state index contributed by atoms with van der Waals surface area (Å²) in [6, 6.07) is 8.32.